The quantitative estimate of drug-likeness (QED) is 0.289. The van der Waals surface area contributed by atoms with Gasteiger partial charge in [-0.25, -0.2) is 0 Å². The molecule has 1 unspecified atom stereocenters. The molecule has 0 saturated carbocycles. The van der Waals surface area contributed by atoms with Crippen molar-refractivity contribution in [2.75, 3.05) is 34.5 Å². The van der Waals surface area contributed by atoms with Crippen LogP contribution in [0.4, 0.5) is 0 Å². The molecule has 37 heavy (non-hydrogen) atoms. The predicted octanol–water partition coefficient (Wildman–Crippen LogP) is 4.85. The van der Waals surface area contributed by atoms with Crippen molar-refractivity contribution in [1.82, 2.24) is 4.90 Å². The van der Waals surface area contributed by atoms with Crippen LogP contribution in [0.5, 0.6) is 17.2 Å². The smallest absolute Gasteiger partial charge is 0.290 e. The molecule has 0 fully saturated rings. The number of aliphatic hydroxyl groups excluding tert-OH is 1. The van der Waals surface area contributed by atoms with Crippen molar-refractivity contribution in [3.63, 3.8) is 0 Å². The van der Waals surface area contributed by atoms with Crippen LogP contribution >= 0.6 is 0 Å². The normalized spacial score (nSPS) is 15.7. The van der Waals surface area contributed by atoms with Crippen LogP contribution < -0.4 is 14.2 Å². The number of ketones is 1. The van der Waals surface area contributed by atoms with E-state index >= 15 is 0 Å². The van der Waals surface area contributed by atoms with E-state index in [0.717, 1.165) is 0 Å². The number of benzene rings is 2. The molecule has 4 rings (SSSR count). The number of hydrogen-bond donors (Lipinski definition) is 1. The third kappa shape index (κ3) is 4.99. The fraction of sp³-hybridized carbons (Fsp3) is 0.357. The third-order valence-corrected chi connectivity index (χ3v) is 6.22. The minimum Gasteiger partial charge on any atom is -0.503 e. The fourth-order valence-corrected chi connectivity index (χ4v) is 4.48. The van der Waals surface area contributed by atoms with Crippen LogP contribution in [0.3, 0.4) is 0 Å². The minimum atomic E-state index is -0.867. The van der Waals surface area contributed by atoms with Gasteiger partial charge in [-0.15, -0.1) is 0 Å². The van der Waals surface area contributed by atoms with Crippen molar-refractivity contribution in [2.24, 2.45) is 0 Å². The molecule has 0 saturated heterocycles. The molecule has 1 N–H and O–H groups in total. The Morgan fingerprint density at radius 1 is 1.03 bits per heavy atom. The second kappa shape index (κ2) is 11.0. The summed E-state index contributed by atoms with van der Waals surface area (Å²) < 4.78 is 27.6. The molecule has 2 aromatic carbocycles. The van der Waals surface area contributed by atoms with Gasteiger partial charge in [0.2, 0.25) is 5.78 Å². The zero-order valence-electron chi connectivity index (χ0n) is 21.6. The van der Waals surface area contributed by atoms with E-state index in [9.17, 15) is 14.7 Å². The lowest BCUT2D eigenvalue weighted by atomic mass is 9.94. The summed E-state index contributed by atoms with van der Waals surface area (Å²) in [4.78, 5) is 28.5. The molecule has 0 aliphatic carbocycles. The molecule has 1 aliphatic rings. The maximum Gasteiger partial charge on any atom is 0.290 e. The Kier molecular flexibility index (Phi) is 7.73. The van der Waals surface area contributed by atoms with Crippen molar-refractivity contribution < 1.29 is 38.1 Å². The van der Waals surface area contributed by atoms with Gasteiger partial charge >= 0.3 is 0 Å². The Bertz CT molecular complexity index is 1340. The number of furan rings is 1. The summed E-state index contributed by atoms with van der Waals surface area (Å²) in [6.07, 6.45) is 0.564. The number of rotatable bonds is 11. The fourth-order valence-electron chi connectivity index (χ4n) is 4.48. The summed E-state index contributed by atoms with van der Waals surface area (Å²) >= 11 is 0. The van der Waals surface area contributed by atoms with Gasteiger partial charge in [0.25, 0.3) is 5.91 Å². The molecule has 0 radical (unpaired) electrons. The maximum absolute atomic E-state index is 13.8. The number of aliphatic hydroxyl groups is 1. The van der Waals surface area contributed by atoms with E-state index in [1.54, 1.807) is 42.5 Å². The lowest BCUT2D eigenvalue weighted by molar-refractivity contribution is -0.129. The molecule has 9 nitrogen and oxygen atoms in total. The van der Waals surface area contributed by atoms with Crippen molar-refractivity contribution in [1.29, 1.82) is 0 Å². The highest BCUT2D eigenvalue weighted by molar-refractivity contribution is 6.16. The zero-order chi connectivity index (χ0) is 26.7. The number of carbonyl (C=O) groups excluding carboxylic acids is 2. The molecule has 0 spiro atoms. The van der Waals surface area contributed by atoms with Crippen LogP contribution in [-0.4, -0.2) is 62.3 Å². The van der Waals surface area contributed by atoms with Gasteiger partial charge < -0.3 is 33.4 Å². The van der Waals surface area contributed by atoms with Crippen molar-refractivity contribution in [3.8, 4) is 17.2 Å². The first kappa shape index (κ1) is 26.1. The highest BCUT2D eigenvalue weighted by Crippen LogP contribution is 2.42. The second-order valence-electron chi connectivity index (χ2n) is 8.87. The molecule has 2 heterocycles. The SMILES string of the molecule is COc1ccc(C2C(C(=O)c3cc4cccc(OC)c4o3)=C(O)C(=O)N2CCCOC(C)C)cc1OC. The number of hydrogen-bond acceptors (Lipinski definition) is 8. The average Bonchev–Trinajstić information content (AvgIpc) is 3.45. The van der Waals surface area contributed by atoms with Crippen LogP contribution in [0.25, 0.3) is 11.0 Å². The monoisotopic (exact) mass is 509 g/mol. The van der Waals surface area contributed by atoms with Crippen molar-refractivity contribution in [3.05, 3.63) is 65.1 Å². The Labute approximate surface area is 215 Å². The van der Waals surface area contributed by atoms with Gasteiger partial charge in [-0.1, -0.05) is 18.2 Å². The Morgan fingerprint density at radius 3 is 2.43 bits per heavy atom. The highest BCUT2D eigenvalue weighted by Gasteiger charge is 2.44. The Morgan fingerprint density at radius 2 is 1.76 bits per heavy atom. The van der Waals surface area contributed by atoms with E-state index in [1.165, 1.54) is 26.2 Å². The first-order valence-corrected chi connectivity index (χ1v) is 12.0. The van der Waals surface area contributed by atoms with Gasteiger partial charge in [0.1, 0.15) is 0 Å². The van der Waals surface area contributed by atoms with Crippen molar-refractivity contribution >= 4 is 22.7 Å². The van der Waals surface area contributed by atoms with Crippen LogP contribution in [0.15, 0.2) is 58.2 Å². The van der Waals surface area contributed by atoms with Crippen LogP contribution in [0, 0.1) is 0 Å². The first-order chi connectivity index (χ1) is 17.8. The summed E-state index contributed by atoms with van der Waals surface area (Å²) in [5.41, 5.74) is 0.917. The number of carbonyl (C=O) groups is 2. The van der Waals surface area contributed by atoms with E-state index in [2.05, 4.69) is 0 Å². The summed E-state index contributed by atoms with van der Waals surface area (Å²) in [5, 5.41) is 11.6. The molecule has 9 heteroatoms. The molecule has 1 aromatic heterocycles. The number of fused-ring (bicyclic) bond motifs is 1. The van der Waals surface area contributed by atoms with Crippen LogP contribution in [-0.2, 0) is 9.53 Å². The van der Waals surface area contributed by atoms with E-state index in [-0.39, 0.29) is 24.0 Å². The zero-order valence-corrected chi connectivity index (χ0v) is 21.6. The summed E-state index contributed by atoms with van der Waals surface area (Å²) in [6, 6.07) is 11.1. The standard InChI is InChI=1S/C28H31NO8/c1-16(2)36-13-7-12-29-24(17-10-11-19(33-3)21(14-17)35-5)23(26(31)28(29)32)25(30)22-15-18-8-6-9-20(34-4)27(18)37-22/h6,8-11,14-16,24,31H,7,12-13H2,1-5H3. The first-order valence-electron chi connectivity index (χ1n) is 12.0. The number of ether oxygens (including phenoxy) is 4. The van der Waals surface area contributed by atoms with Crippen molar-refractivity contribution in [2.45, 2.75) is 32.4 Å². The maximum atomic E-state index is 13.8. The molecule has 1 amide bonds. The lowest BCUT2D eigenvalue weighted by Gasteiger charge is -2.27. The molecule has 1 atom stereocenters. The van der Waals surface area contributed by atoms with Crippen LogP contribution in [0.2, 0.25) is 0 Å². The molecule has 1 aliphatic heterocycles. The molecule has 3 aromatic rings. The highest BCUT2D eigenvalue weighted by atomic mass is 16.5. The van der Waals surface area contributed by atoms with E-state index in [0.29, 0.717) is 46.8 Å². The Balaban J connectivity index is 1.76. The summed E-state index contributed by atoms with van der Waals surface area (Å²) in [6.45, 7) is 4.55. The predicted molar refractivity (Wildman–Crippen MR) is 136 cm³/mol. The lowest BCUT2D eigenvalue weighted by Crippen LogP contribution is -2.32. The largest absolute Gasteiger partial charge is 0.503 e. The molecular weight excluding hydrogens is 478 g/mol. The molecule has 0 bridgehead atoms. The van der Waals surface area contributed by atoms with E-state index < -0.39 is 23.5 Å². The summed E-state index contributed by atoms with van der Waals surface area (Å²) in [7, 11) is 4.54. The molecule has 196 valence electrons. The number of nitrogens with zero attached hydrogens (tertiary/aromatic N) is 1. The number of amides is 1. The van der Waals surface area contributed by atoms with E-state index in [1.807, 2.05) is 13.8 Å². The van der Waals surface area contributed by atoms with Gasteiger partial charge in [0.15, 0.2) is 34.4 Å². The second-order valence-corrected chi connectivity index (χ2v) is 8.87. The Hall–Kier alpha value is -3.98. The third-order valence-electron chi connectivity index (χ3n) is 6.22. The van der Waals surface area contributed by atoms with Gasteiger partial charge in [-0.2, -0.15) is 0 Å². The van der Waals surface area contributed by atoms with Gasteiger partial charge in [-0.3, -0.25) is 9.59 Å². The van der Waals surface area contributed by atoms with E-state index in [4.69, 9.17) is 23.4 Å². The van der Waals surface area contributed by atoms with Gasteiger partial charge in [-0.05, 0) is 50.1 Å². The van der Waals surface area contributed by atoms with Crippen LogP contribution in [0.1, 0.15) is 42.4 Å². The number of para-hydroxylation sites is 1. The minimum absolute atomic E-state index is 0.00989. The number of Topliss-reactive ketones (excluding diaryl/α,β-unsaturated/α-hetero) is 1. The average molecular weight is 510 g/mol. The topological polar surface area (TPSA) is 108 Å². The number of methoxy groups -OCH3 is 3. The summed E-state index contributed by atoms with van der Waals surface area (Å²) in [5.74, 6) is -0.446. The van der Waals surface area contributed by atoms with Gasteiger partial charge in [0, 0.05) is 18.5 Å². The van der Waals surface area contributed by atoms with Gasteiger partial charge in [0.05, 0.1) is 39.0 Å². The molecular formula is C28H31NO8.